The van der Waals surface area contributed by atoms with Gasteiger partial charge in [0.25, 0.3) is 10.0 Å². The molecule has 0 bridgehead atoms. The summed E-state index contributed by atoms with van der Waals surface area (Å²) in [5, 5.41) is 5.19. The van der Waals surface area contributed by atoms with E-state index in [1.54, 1.807) is 13.8 Å². The molecule has 0 aromatic heterocycles. The van der Waals surface area contributed by atoms with E-state index < -0.39 is 20.0 Å². The highest BCUT2D eigenvalue weighted by atomic mass is 32.2. The van der Waals surface area contributed by atoms with Gasteiger partial charge in [-0.2, -0.15) is 0 Å². The van der Waals surface area contributed by atoms with Crippen LogP contribution in [0.4, 0.5) is 5.69 Å². The molecule has 0 spiro atoms. The van der Waals surface area contributed by atoms with E-state index >= 15 is 0 Å². The van der Waals surface area contributed by atoms with Crippen LogP contribution in [0.1, 0.15) is 29.2 Å². The molecule has 8 heteroatoms. The molecular weight excluding hydrogens is 372 g/mol. The van der Waals surface area contributed by atoms with E-state index in [-0.39, 0.29) is 10.9 Å². The van der Waals surface area contributed by atoms with Crippen LogP contribution in [0, 0.1) is 20.8 Å². The second-order valence-corrected chi connectivity index (χ2v) is 10.2. The summed E-state index contributed by atoms with van der Waals surface area (Å²) in [4.78, 5) is 0.295. The number of aryl methyl sites for hydroxylation is 3. The van der Waals surface area contributed by atoms with Crippen molar-refractivity contribution in [3.8, 4) is 0 Å². The number of anilines is 1. The van der Waals surface area contributed by atoms with Crippen LogP contribution in [0.2, 0.25) is 0 Å². The van der Waals surface area contributed by atoms with Gasteiger partial charge in [0.05, 0.1) is 15.5 Å². The number of primary sulfonamides is 1. The molecule has 2 aromatic rings. The van der Waals surface area contributed by atoms with E-state index in [4.69, 9.17) is 5.14 Å². The van der Waals surface area contributed by atoms with Crippen LogP contribution in [-0.4, -0.2) is 22.9 Å². The zero-order valence-electron chi connectivity index (χ0n) is 15.1. The van der Waals surface area contributed by atoms with Gasteiger partial charge in [-0.15, -0.1) is 0 Å². The summed E-state index contributed by atoms with van der Waals surface area (Å²) in [5.41, 5.74) is 3.57. The van der Waals surface area contributed by atoms with Crippen molar-refractivity contribution in [2.24, 2.45) is 5.14 Å². The molecule has 0 fully saturated rings. The van der Waals surface area contributed by atoms with Gasteiger partial charge in [-0.25, -0.2) is 22.0 Å². The molecule has 140 valence electrons. The highest BCUT2D eigenvalue weighted by Gasteiger charge is 2.38. The molecule has 6 nitrogen and oxygen atoms in total. The third kappa shape index (κ3) is 3.02. The minimum absolute atomic E-state index is 0.00889. The normalized spacial score (nSPS) is 17.4. The van der Waals surface area contributed by atoms with E-state index in [0.717, 1.165) is 5.56 Å². The number of fused-ring (bicyclic) bond motifs is 1. The Balaban J connectivity index is 2.18. The van der Waals surface area contributed by atoms with E-state index in [1.807, 2.05) is 26.0 Å². The van der Waals surface area contributed by atoms with Gasteiger partial charge >= 0.3 is 0 Å². The molecule has 1 atom stereocenters. The lowest BCUT2D eigenvalue weighted by Crippen LogP contribution is -2.36. The zero-order valence-corrected chi connectivity index (χ0v) is 16.8. The molecule has 0 saturated heterocycles. The number of nitrogens with zero attached hydrogens (tertiary/aromatic N) is 1. The molecule has 0 amide bonds. The Bertz CT molecular complexity index is 1080. The minimum atomic E-state index is -3.83. The topological polar surface area (TPSA) is 97.5 Å². The Morgan fingerprint density at radius 2 is 1.58 bits per heavy atom. The SMILES string of the molecule is Cc1cc(C)c(S(=O)(=O)N2c3ccc(S(N)(=O)=O)cc3C[C@H]2C)c(C)c1. The van der Waals surface area contributed by atoms with Gasteiger partial charge in [-0.1, -0.05) is 17.7 Å². The Morgan fingerprint density at radius 3 is 2.12 bits per heavy atom. The highest BCUT2D eigenvalue weighted by molar-refractivity contribution is 7.93. The Morgan fingerprint density at radius 1 is 1.00 bits per heavy atom. The predicted molar refractivity (Wildman–Crippen MR) is 101 cm³/mol. The zero-order chi connectivity index (χ0) is 19.4. The van der Waals surface area contributed by atoms with Crippen molar-refractivity contribution in [2.45, 2.75) is 49.9 Å². The quantitative estimate of drug-likeness (QED) is 0.864. The van der Waals surface area contributed by atoms with Crippen molar-refractivity contribution in [3.63, 3.8) is 0 Å². The molecule has 2 N–H and O–H groups in total. The van der Waals surface area contributed by atoms with Crippen LogP contribution in [-0.2, 0) is 26.5 Å². The summed E-state index contributed by atoms with van der Waals surface area (Å²) in [6.07, 6.45) is 0.432. The fourth-order valence-corrected chi connectivity index (χ4v) is 6.47. The van der Waals surface area contributed by atoms with Gasteiger partial charge in [0.15, 0.2) is 0 Å². The van der Waals surface area contributed by atoms with Crippen LogP contribution in [0.25, 0.3) is 0 Å². The monoisotopic (exact) mass is 394 g/mol. The molecule has 3 rings (SSSR count). The summed E-state index contributed by atoms with van der Waals surface area (Å²) >= 11 is 0. The van der Waals surface area contributed by atoms with Crippen LogP contribution >= 0.6 is 0 Å². The molecule has 26 heavy (non-hydrogen) atoms. The van der Waals surface area contributed by atoms with Crippen molar-refractivity contribution in [1.29, 1.82) is 0 Å². The maximum absolute atomic E-state index is 13.4. The van der Waals surface area contributed by atoms with E-state index in [9.17, 15) is 16.8 Å². The summed E-state index contributed by atoms with van der Waals surface area (Å²) < 4.78 is 51.4. The van der Waals surface area contributed by atoms with Gasteiger partial charge in [0.2, 0.25) is 10.0 Å². The maximum atomic E-state index is 13.4. The first kappa shape index (κ1) is 18.9. The molecule has 1 aliphatic heterocycles. The smallest absolute Gasteiger partial charge is 0.263 e. The van der Waals surface area contributed by atoms with Crippen molar-refractivity contribution in [3.05, 3.63) is 52.6 Å². The third-order valence-corrected chi connectivity index (χ3v) is 7.80. The summed E-state index contributed by atoms with van der Waals surface area (Å²) in [6, 6.07) is 7.73. The van der Waals surface area contributed by atoms with Gasteiger partial charge in [0, 0.05) is 6.04 Å². The Labute approximate surface area is 154 Å². The summed E-state index contributed by atoms with van der Waals surface area (Å²) in [7, 11) is -7.61. The van der Waals surface area contributed by atoms with Crippen LogP contribution in [0.5, 0.6) is 0 Å². The molecule has 0 unspecified atom stereocenters. The number of hydrogen-bond donors (Lipinski definition) is 1. The average molecular weight is 395 g/mol. The van der Waals surface area contributed by atoms with Gasteiger partial charge in [0.1, 0.15) is 0 Å². The molecule has 1 aliphatic rings. The molecule has 0 radical (unpaired) electrons. The van der Waals surface area contributed by atoms with E-state index in [2.05, 4.69) is 0 Å². The van der Waals surface area contributed by atoms with Gasteiger partial charge in [-0.05, 0) is 69.0 Å². The number of hydrogen-bond acceptors (Lipinski definition) is 4. The molecule has 1 heterocycles. The van der Waals surface area contributed by atoms with Crippen LogP contribution < -0.4 is 9.44 Å². The molecule has 0 saturated carbocycles. The third-order valence-electron chi connectivity index (χ3n) is 4.65. The number of rotatable bonds is 3. The molecule has 0 aliphatic carbocycles. The number of nitrogens with two attached hydrogens (primary N) is 1. The Kier molecular flexibility index (Phi) is 4.41. The second-order valence-electron chi connectivity index (χ2n) is 6.92. The average Bonchev–Trinajstić information content (AvgIpc) is 2.80. The molecular formula is C18H22N2O4S2. The fourth-order valence-electron chi connectivity index (χ4n) is 3.79. The number of sulfonamides is 2. The summed E-state index contributed by atoms with van der Waals surface area (Å²) in [6.45, 7) is 7.32. The van der Waals surface area contributed by atoms with Crippen molar-refractivity contribution in [1.82, 2.24) is 0 Å². The largest absolute Gasteiger partial charge is 0.265 e. The fraction of sp³-hybridized carbons (Fsp3) is 0.333. The van der Waals surface area contributed by atoms with E-state index in [0.29, 0.717) is 33.7 Å². The number of benzene rings is 2. The van der Waals surface area contributed by atoms with Gasteiger partial charge < -0.3 is 0 Å². The van der Waals surface area contributed by atoms with Crippen molar-refractivity contribution in [2.75, 3.05) is 4.31 Å². The first-order valence-corrected chi connectivity index (χ1v) is 11.2. The van der Waals surface area contributed by atoms with E-state index in [1.165, 1.54) is 22.5 Å². The standard InChI is InChI=1S/C18H22N2O4S2/c1-11-7-12(2)18(13(3)8-11)26(23,24)20-14(4)9-15-10-16(25(19,21)22)5-6-17(15)20/h5-8,10,14H,9H2,1-4H3,(H2,19,21,22)/t14-/m1/s1. The van der Waals surface area contributed by atoms with Crippen molar-refractivity contribution >= 4 is 25.7 Å². The lowest BCUT2D eigenvalue weighted by Gasteiger charge is -2.26. The van der Waals surface area contributed by atoms with Crippen LogP contribution in [0.15, 0.2) is 40.1 Å². The Hall–Kier alpha value is -1.90. The van der Waals surface area contributed by atoms with Crippen LogP contribution in [0.3, 0.4) is 0 Å². The predicted octanol–water partition coefficient (Wildman–Crippen LogP) is 2.40. The first-order chi connectivity index (χ1) is 11.9. The lowest BCUT2D eigenvalue weighted by atomic mass is 10.1. The first-order valence-electron chi connectivity index (χ1n) is 8.21. The second kappa shape index (κ2) is 6.07. The maximum Gasteiger partial charge on any atom is 0.265 e. The minimum Gasteiger partial charge on any atom is -0.263 e. The lowest BCUT2D eigenvalue weighted by molar-refractivity contribution is 0.582. The van der Waals surface area contributed by atoms with Crippen molar-refractivity contribution < 1.29 is 16.8 Å². The highest BCUT2D eigenvalue weighted by Crippen LogP contribution is 2.39. The summed E-state index contributed by atoms with van der Waals surface area (Å²) in [5.74, 6) is 0. The molecule has 2 aromatic carbocycles. The van der Waals surface area contributed by atoms with Gasteiger partial charge in [-0.3, -0.25) is 4.31 Å².